The van der Waals surface area contributed by atoms with E-state index in [1.165, 1.54) is 0 Å². The number of hydrogen-bond acceptors (Lipinski definition) is 3. The number of para-hydroxylation sites is 1. The average Bonchev–Trinajstić information content (AvgIpc) is 2.44. The second kappa shape index (κ2) is 10.2. The average molecular weight is 266 g/mol. The highest BCUT2D eigenvalue weighted by Gasteiger charge is 1.98. The highest BCUT2D eigenvalue weighted by molar-refractivity contribution is 5.73. The molecule has 0 aliphatic carbocycles. The van der Waals surface area contributed by atoms with Crippen molar-refractivity contribution in [2.24, 2.45) is 0 Å². The van der Waals surface area contributed by atoms with Gasteiger partial charge in [-0.1, -0.05) is 18.2 Å². The summed E-state index contributed by atoms with van der Waals surface area (Å²) in [5, 5.41) is 5.53. The quantitative estimate of drug-likeness (QED) is 0.670. The van der Waals surface area contributed by atoms with Gasteiger partial charge in [-0.3, -0.25) is 0 Å². The molecule has 1 aromatic carbocycles. The molecular formula is C14H22N2O3. The minimum absolute atomic E-state index is 0.143. The van der Waals surface area contributed by atoms with E-state index in [1.54, 1.807) is 7.11 Å². The normalized spacial score (nSPS) is 9.95. The molecule has 0 spiro atoms. The van der Waals surface area contributed by atoms with Gasteiger partial charge in [0.15, 0.2) is 0 Å². The lowest BCUT2D eigenvalue weighted by Crippen LogP contribution is -2.37. The van der Waals surface area contributed by atoms with Crippen molar-refractivity contribution in [2.75, 3.05) is 33.4 Å². The van der Waals surface area contributed by atoms with Crippen LogP contribution in [0.5, 0.6) is 5.75 Å². The van der Waals surface area contributed by atoms with Crippen LogP contribution in [0.2, 0.25) is 0 Å². The van der Waals surface area contributed by atoms with Crippen LogP contribution < -0.4 is 15.4 Å². The van der Waals surface area contributed by atoms with E-state index >= 15 is 0 Å². The standard InChI is InChI=1S/C14H22N2O3/c1-18-11-5-9-15-14(17)16-10-6-12-19-13-7-3-2-4-8-13/h2-4,7-8H,5-6,9-12H2,1H3,(H2,15,16,17). The maximum atomic E-state index is 11.3. The zero-order chi connectivity index (χ0) is 13.8. The Morgan fingerprint density at radius 2 is 1.68 bits per heavy atom. The van der Waals surface area contributed by atoms with Gasteiger partial charge in [-0.25, -0.2) is 4.79 Å². The third kappa shape index (κ3) is 8.05. The van der Waals surface area contributed by atoms with Gasteiger partial charge < -0.3 is 20.1 Å². The first-order chi connectivity index (χ1) is 9.33. The summed E-state index contributed by atoms with van der Waals surface area (Å²) >= 11 is 0. The Labute approximate surface area is 114 Å². The maximum Gasteiger partial charge on any atom is 0.314 e. The Morgan fingerprint density at radius 1 is 1.05 bits per heavy atom. The fourth-order valence-electron chi connectivity index (χ4n) is 1.46. The van der Waals surface area contributed by atoms with E-state index in [4.69, 9.17) is 9.47 Å². The number of ether oxygens (including phenoxy) is 2. The highest BCUT2D eigenvalue weighted by Crippen LogP contribution is 2.07. The molecule has 0 aliphatic heterocycles. The number of benzene rings is 1. The molecule has 1 rings (SSSR count). The van der Waals surface area contributed by atoms with Crippen LogP contribution in [-0.2, 0) is 4.74 Å². The molecule has 0 saturated carbocycles. The van der Waals surface area contributed by atoms with Crippen molar-refractivity contribution in [3.05, 3.63) is 30.3 Å². The lowest BCUT2D eigenvalue weighted by Gasteiger charge is -2.08. The van der Waals surface area contributed by atoms with Crippen LogP contribution in [0.15, 0.2) is 30.3 Å². The van der Waals surface area contributed by atoms with Gasteiger partial charge in [0.2, 0.25) is 0 Å². The van der Waals surface area contributed by atoms with E-state index in [-0.39, 0.29) is 6.03 Å². The minimum Gasteiger partial charge on any atom is -0.494 e. The topological polar surface area (TPSA) is 59.6 Å². The summed E-state index contributed by atoms with van der Waals surface area (Å²) in [6.45, 7) is 2.47. The van der Waals surface area contributed by atoms with Gasteiger partial charge in [0.05, 0.1) is 6.61 Å². The molecule has 0 atom stereocenters. The lowest BCUT2D eigenvalue weighted by atomic mass is 10.3. The van der Waals surface area contributed by atoms with E-state index < -0.39 is 0 Å². The van der Waals surface area contributed by atoms with Gasteiger partial charge in [0.1, 0.15) is 5.75 Å². The number of methoxy groups -OCH3 is 1. The number of urea groups is 1. The van der Waals surface area contributed by atoms with Crippen LogP contribution >= 0.6 is 0 Å². The van der Waals surface area contributed by atoms with Crippen molar-refractivity contribution in [3.63, 3.8) is 0 Å². The van der Waals surface area contributed by atoms with Crippen LogP contribution in [0.25, 0.3) is 0 Å². The highest BCUT2D eigenvalue weighted by atomic mass is 16.5. The van der Waals surface area contributed by atoms with Crippen LogP contribution in [0.4, 0.5) is 4.79 Å². The largest absolute Gasteiger partial charge is 0.494 e. The summed E-state index contributed by atoms with van der Waals surface area (Å²) in [4.78, 5) is 11.3. The predicted octanol–water partition coefficient (Wildman–Crippen LogP) is 1.79. The number of rotatable bonds is 9. The molecule has 0 heterocycles. The molecule has 2 amide bonds. The van der Waals surface area contributed by atoms with E-state index in [9.17, 15) is 4.79 Å². The smallest absolute Gasteiger partial charge is 0.314 e. The molecular weight excluding hydrogens is 244 g/mol. The van der Waals surface area contributed by atoms with Crippen LogP contribution in [-0.4, -0.2) is 39.4 Å². The first-order valence-corrected chi connectivity index (χ1v) is 6.51. The summed E-state index contributed by atoms with van der Waals surface area (Å²) in [6.07, 6.45) is 1.60. The van der Waals surface area contributed by atoms with Crippen molar-refractivity contribution >= 4 is 6.03 Å². The molecule has 0 radical (unpaired) electrons. The van der Waals surface area contributed by atoms with Crippen LogP contribution in [0.3, 0.4) is 0 Å². The third-order valence-electron chi connectivity index (χ3n) is 2.43. The molecule has 0 fully saturated rings. The Balaban J connectivity index is 1.94. The first-order valence-electron chi connectivity index (χ1n) is 6.51. The first kappa shape index (κ1) is 15.3. The molecule has 0 bridgehead atoms. The number of carbonyl (C=O) groups is 1. The zero-order valence-electron chi connectivity index (χ0n) is 11.4. The van der Waals surface area contributed by atoms with E-state index in [2.05, 4.69) is 10.6 Å². The molecule has 106 valence electrons. The van der Waals surface area contributed by atoms with Gasteiger partial charge in [-0.15, -0.1) is 0 Å². The van der Waals surface area contributed by atoms with E-state index in [0.717, 1.165) is 18.6 Å². The number of amides is 2. The second-order valence-corrected chi connectivity index (χ2v) is 4.04. The molecule has 1 aromatic rings. The summed E-state index contributed by atoms with van der Waals surface area (Å²) in [6, 6.07) is 9.49. The predicted molar refractivity (Wildman–Crippen MR) is 74.4 cm³/mol. The van der Waals surface area contributed by atoms with Crippen molar-refractivity contribution in [1.82, 2.24) is 10.6 Å². The third-order valence-corrected chi connectivity index (χ3v) is 2.43. The van der Waals surface area contributed by atoms with E-state index in [1.807, 2.05) is 30.3 Å². The van der Waals surface area contributed by atoms with Crippen molar-refractivity contribution in [3.8, 4) is 5.75 Å². The van der Waals surface area contributed by atoms with Crippen molar-refractivity contribution in [2.45, 2.75) is 12.8 Å². The Kier molecular flexibility index (Phi) is 8.22. The Morgan fingerprint density at radius 3 is 2.32 bits per heavy atom. The maximum absolute atomic E-state index is 11.3. The second-order valence-electron chi connectivity index (χ2n) is 4.04. The molecule has 2 N–H and O–H groups in total. The Hall–Kier alpha value is -1.75. The van der Waals surface area contributed by atoms with Crippen LogP contribution in [0, 0.1) is 0 Å². The zero-order valence-corrected chi connectivity index (χ0v) is 11.4. The van der Waals surface area contributed by atoms with Gasteiger partial charge >= 0.3 is 6.03 Å². The number of hydrogen-bond donors (Lipinski definition) is 2. The monoisotopic (exact) mass is 266 g/mol. The van der Waals surface area contributed by atoms with Crippen molar-refractivity contribution in [1.29, 1.82) is 0 Å². The van der Waals surface area contributed by atoms with Gasteiger partial charge in [-0.05, 0) is 25.0 Å². The molecule has 5 nitrogen and oxygen atoms in total. The Bertz CT molecular complexity index is 344. The summed E-state index contributed by atoms with van der Waals surface area (Å²) in [5.41, 5.74) is 0. The number of nitrogens with one attached hydrogen (secondary N) is 2. The summed E-state index contributed by atoms with van der Waals surface area (Å²) in [5.74, 6) is 0.853. The van der Waals surface area contributed by atoms with Crippen molar-refractivity contribution < 1.29 is 14.3 Å². The molecule has 0 aliphatic rings. The molecule has 19 heavy (non-hydrogen) atoms. The summed E-state index contributed by atoms with van der Waals surface area (Å²) in [7, 11) is 1.65. The van der Waals surface area contributed by atoms with Gasteiger partial charge in [0, 0.05) is 26.8 Å². The molecule has 5 heteroatoms. The van der Waals surface area contributed by atoms with Gasteiger partial charge in [-0.2, -0.15) is 0 Å². The van der Waals surface area contributed by atoms with Crippen LogP contribution in [0.1, 0.15) is 12.8 Å². The van der Waals surface area contributed by atoms with Gasteiger partial charge in [0.25, 0.3) is 0 Å². The lowest BCUT2D eigenvalue weighted by molar-refractivity contribution is 0.193. The fraction of sp³-hybridized carbons (Fsp3) is 0.500. The SMILES string of the molecule is COCCCNC(=O)NCCCOc1ccccc1. The fourth-order valence-corrected chi connectivity index (χ4v) is 1.46. The van der Waals surface area contributed by atoms with E-state index in [0.29, 0.717) is 26.3 Å². The minimum atomic E-state index is -0.143. The number of carbonyl (C=O) groups excluding carboxylic acids is 1. The molecule has 0 saturated heterocycles. The molecule has 0 unspecified atom stereocenters. The summed E-state index contributed by atoms with van der Waals surface area (Å²) < 4.78 is 10.4. The molecule has 0 aromatic heterocycles.